The van der Waals surface area contributed by atoms with Gasteiger partial charge in [-0.1, -0.05) is 121 Å². The van der Waals surface area contributed by atoms with Gasteiger partial charge in [-0.05, 0) is 16.7 Å². The molecule has 1 heterocycles. The summed E-state index contributed by atoms with van der Waals surface area (Å²) in [6.45, 7) is 0. The van der Waals surface area contributed by atoms with E-state index in [1.54, 1.807) is 0 Å². The first-order valence-electron chi connectivity index (χ1n) is 10.2. The second-order valence-corrected chi connectivity index (χ2v) is 7.67. The Morgan fingerprint density at radius 3 is 1.43 bits per heavy atom. The zero-order valence-corrected chi connectivity index (χ0v) is 16.6. The number of hydrogen-bond donors (Lipinski definition) is 0. The number of carbonyl (C=O) groups excluding carboxylic acids is 1. The normalized spacial score (nSPS) is 19.2. The average molecular weight is 390 g/mol. The molecule has 146 valence electrons. The Labute approximate surface area is 176 Å². The van der Waals surface area contributed by atoms with Crippen molar-refractivity contribution in [3.05, 3.63) is 144 Å². The van der Waals surface area contributed by atoms with Gasteiger partial charge in [0.15, 0.2) is 11.4 Å². The molecule has 1 unspecified atom stereocenters. The number of Topliss-reactive ketones (excluding diaryl/α,β-unsaturated/α-hetero) is 1. The number of hydrogen-bond acceptors (Lipinski definition) is 2. The molecule has 0 aliphatic carbocycles. The van der Waals surface area contributed by atoms with Gasteiger partial charge in [0.1, 0.15) is 5.60 Å². The second kappa shape index (κ2) is 7.40. The van der Waals surface area contributed by atoms with E-state index < -0.39 is 11.2 Å². The Kier molecular flexibility index (Phi) is 4.57. The molecule has 1 atom stereocenters. The lowest BCUT2D eigenvalue weighted by molar-refractivity contribution is 0.0944. The van der Waals surface area contributed by atoms with Gasteiger partial charge in [0.25, 0.3) is 0 Å². The number of epoxide rings is 1. The topological polar surface area (TPSA) is 29.6 Å². The van der Waals surface area contributed by atoms with Crippen molar-refractivity contribution in [1.29, 1.82) is 0 Å². The van der Waals surface area contributed by atoms with Crippen molar-refractivity contribution in [3.63, 3.8) is 0 Å². The highest BCUT2D eigenvalue weighted by molar-refractivity contribution is 5.97. The molecule has 4 aromatic rings. The van der Waals surface area contributed by atoms with Crippen molar-refractivity contribution < 1.29 is 9.53 Å². The van der Waals surface area contributed by atoms with Gasteiger partial charge in [0.2, 0.25) is 0 Å². The lowest BCUT2D eigenvalue weighted by Gasteiger charge is -2.22. The summed E-state index contributed by atoms with van der Waals surface area (Å²) in [6.07, 6.45) is 0.269. The molecule has 4 aromatic carbocycles. The van der Waals surface area contributed by atoms with Gasteiger partial charge >= 0.3 is 0 Å². The van der Waals surface area contributed by atoms with Crippen molar-refractivity contribution in [1.82, 2.24) is 0 Å². The summed E-state index contributed by atoms with van der Waals surface area (Å²) >= 11 is 0. The van der Waals surface area contributed by atoms with Gasteiger partial charge in [-0.15, -0.1) is 0 Å². The fraction of sp³-hybridized carbons (Fsp3) is 0.107. The highest BCUT2D eigenvalue weighted by atomic mass is 16.6. The molecule has 1 aliphatic heterocycles. The first-order valence-corrected chi connectivity index (χ1v) is 10.2. The molecule has 0 bridgehead atoms. The summed E-state index contributed by atoms with van der Waals surface area (Å²) in [5, 5.41) is 0. The number of benzene rings is 4. The average Bonchev–Trinajstić information content (AvgIpc) is 3.52. The molecule has 2 heteroatoms. The van der Waals surface area contributed by atoms with Crippen LogP contribution in [0.25, 0.3) is 0 Å². The van der Waals surface area contributed by atoms with Crippen molar-refractivity contribution in [2.45, 2.75) is 17.6 Å². The van der Waals surface area contributed by atoms with Crippen LogP contribution in [-0.2, 0) is 15.9 Å². The van der Waals surface area contributed by atoms with Crippen molar-refractivity contribution in [2.24, 2.45) is 0 Å². The minimum absolute atomic E-state index is 0.0770. The molecule has 0 spiro atoms. The first-order chi connectivity index (χ1) is 14.8. The van der Waals surface area contributed by atoms with Gasteiger partial charge in [-0.2, -0.15) is 0 Å². The Morgan fingerprint density at radius 2 is 0.967 bits per heavy atom. The lowest BCUT2D eigenvalue weighted by atomic mass is 9.74. The van der Waals surface area contributed by atoms with Crippen LogP contribution in [0.3, 0.4) is 0 Å². The Bertz CT molecular complexity index is 1100. The smallest absolute Gasteiger partial charge is 0.166 e. The molecule has 30 heavy (non-hydrogen) atoms. The summed E-state index contributed by atoms with van der Waals surface area (Å²) in [4.78, 5) is 13.3. The molecule has 0 aromatic heterocycles. The fourth-order valence-electron chi connectivity index (χ4n) is 4.52. The molecule has 1 aliphatic rings. The third kappa shape index (κ3) is 2.89. The maximum atomic E-state index is 13.3. The maximum Gasteiger partial charge on any atom is 0.166 e. The first kappa shape index (κ1) is 18.5. The van der Waals surface area contributed by atoms with Crippen LogP contribution in [0.15, 0.2) is 121 Å². The van der Waals surface area contributed by atoms with Crippen molar-refractivity contribution in [3.8, 4) is 0 Å². The standard InChI is InChI=1S/C28H22O2/c29-26(22-13-5-1-6-14-22)21-27(23-15-7-2-8-16-23)28(30-27,24-17-9-3-10-18-24)25-19-11-4-12-20-25/h1-20H,21H2. The maximum absolute atomic E-state index is 13.3. The molecule has 0 amide bonds. The van der Waals surface area contributed by atoms with Crippen LogP contribution in [0.2, 0.25) is 0 Å². The molecule has 2 nitrogen and oxygen atoms in total. The van der Waals surface area contributed by atoms with Gasteiger partial charge in [-0.3, -0.25) is 4.79 Å². The van der Waals surface area contributed by atoms with E-state index >= 15 is 0 Å². The molecule has 1 saturated heterocycles. The highest BCUT2D eigenvalue weighted by Crippen LogP contribution is 2.67. The van der Waals surface area contributed by atoms with Crippen molar-refractivity contribution in [2.75, 3.05) is 0 Å². The van der Waals surface area contributed by atoms with E-state index in [1.165, 1.54) is 0 Å². The van der Waals surface area contributed by atoms with E-state index in [9.17, 15) is 4.79 Å². The Hall–Kier alpha value is -3.49. The fourth-order valence-corrected chi connectivity index (χ4v) is 4.52. The zero-order chi connectivity index (χ0) is 20.4. The third-order valence-corrected chi connectivity index (χ3v) is 5.96. The molecule has 0 saturated carbocycles. The van der Waals surface area contributed by atoms with E-state index in [4.69, 9.17) is 4.74 Å². The monoisotopic (exact) mass is 390 g/mol. The van der Waals surface area contributed by atoms with E-state index in [0.29, 0.717) is 5.56 Å². The zero-order valence-electron chi connectivity index (χ0n) is 16.6. The molecule has 1 fully saturated rings. The molecular formula is C28H22O2. The van der Waals surface area contributed by atoms with Crippen LogP contribution in [0.5, 0.6) is 0 Å². The van der Waals surface area contributed by atoms with E-state index in [1.807, 2.05) is 84.9 Å². The largest absolute Gasteiger partial charge is 0.347 e. The van der Waals surface area contributed by atoms with E-state index in [2.05, 4.69) is 36.4 Å². The molecule has 5 rings (SSSR count). The van der Waals surface area contributed by atoms with Crippen LogP contribution in [0, 0.1) is 0 Å². The molecule has 0 N–H and O–H groups in total. The molecular weight excluding hydrogens is 368 g/mol. The van der Waals surface area contributed by atoms with Crippen LogP contribution in [0.4, 0.5) is 0 Å². The van der Waals surface area contributed by atoms with Crippen LogP contribution >= 0.6 is 0 Å². The second-order valence-electron chi connectivity index (χ2n) is 7.67. The molecule has 0 radical (unpaired) electrons. The summed E-state index contributed by atoms with van der Waals surface area (Å²) in [7, 11) is 0. The number of carbonyl (C=O) groups is 1. The van der Waals surface area contributed by atoms with E-state index in [0.717, 1.165) is 16.7 Å². The van der Waals surface area contributed by atoms with Gasteiger partial charge < -0.3 is 4.74 Å². The van der Waals surface area contributed by atoms with Crippen LogP contribution < -0.4 is 0 Å². The third-order valence-electron chi connectivity index (χ3n) is 5.96. The number of rotatable bonds is 6. The van der Waals surface area contributed by atoms with E-state index in [-0.39, 0.29) is 12.2 Å². The lowest BCUT2D eigenvalue weighted by Crippen LogP contribution is -2.27. The van der Waals surface area contributed by atoms with Crippen molar-refractivity contribution >= 4 is 5.78 Å². The number of ether oxygens (including phenoxy) is 1. The predicted octanol–water partition coefficient (Wildman–Crippen LogP) is 6.13. The van der Waals surface area contributed by atoms with Gasteiger partial charge in [0, 0.05) is 12.0 Å². The Balaban J connectivity index is 1.68. The van der Waals surface area contributed by atoms with Gasteiger partial charge in [0.05, 0.1) is 0 Å². The predicted molar refractivity (Wildman–Crippen MR) is 118 cm³/mol. The summed E-state index contributed by atoms with van der Waals surface area (Å²) < 4.78 is 6.72. The SMILES string of the molecule is O=C(CC1(c2ccccc2)OC1(c1ccccc1)c1ccccc1)c1ccccc1. The summed E-state index contributed by atoms with van der Waals surface area (Å²) in [5.41, 5.74) is 2.37. The van der Waals surface area contributed by atoms with Crippen LogP contribution in [0.1, 0.15) is 33.5 Å². The minimum Gasteiger partial charge on any atom is -0.347 e. The minimum atomic E-state index is -0.760. The van der Waals surface area contributed by atoms with Crippen LogP contribution in [-0.4, -0.2) is 5.78 Å². The Morgan fingerprint density at radius 1 is 0.567 bits per heavy atom. The summed E-state index contributed by atoms with van der Waals surface area (Å²) in [6, 6.07) is 40.1. The van der Waals surface area contributed by atoms with Gasteiger partial charge in [-0.25, -0.2) is 0 Å². The number of ketones is 1. The quantitative estimate of drug-likeness (QED) is 0.293. The summed E-state index contributed by atoms with van der Waals surface area (Å²) in [5.74, 6) is 0.0770. The highest BCUT2D eigenvalue weighted by Gasteiger charge is 2.72.